The van der Waals surface area contributed by atoms with Crippen molar-refractivity contribution in [1.82, 2.24) is 0 Å². The number of allylic oxidation sites excluding steroid dienone is 2. The molecule has 2 aromatic rings. The van der Waals surface area contributed by atoms with E-state index in [1.165, 1.54) is 18.4 Å². The van der Waals surface area contributed by atoms with Crippen LogP contribution in [0.15, 0.2) is 72.5 Å². The van der Waals surface area contributed by atoms with Crippen LogP contribution in [0.4, 0.5) is 0 Å². The van der Waals surface area contributed by atoms with Gasteiger partial charge in [-0.25, -0.2) is 0 Å². The van der Waals surface area contributed by atoms with Gasteiger partial charge in [0.2, 0.25) is 5.79 Å². The number of benzene rings is 2. The fourth-order valence-corrected chi connectivity index (χ4v) is 4.22. The van der Waals surface area contributed by atoms with Gasteiger partial charge >= 0.3 is 0 Å². The van der Waals surface area contributed by atoms with Gasteiger partial charge in [-0.3, -0.25) is 0 Å². The van der Waals surface area contributed by atoms with E-state index < -0.39 is 5.79 Å². The standard InChI is InChI=1S/C22H24O2/c1-23-22(18-12-6-3-7-13-18)16-20(17-10-4-2-5-11-17)19-14-8-9-15-21(19)24-22/h2-7,10-13,15,19-20H,8-9,14,16H2,1H3. The first kappa shape index (κ1) is 15.5. The number of hydrogen-bond acceptors (Lipinski definition) is 2. The van der Waals surface area contributed by atoms with Crippen LogP contribution < -0.4 is 0 Å². The molecule has 24 heavy (non-hydrogen) atoms. The molecule has 3 unspecified atom stereocenters. The summed E-state index contributed by atoms with van der Waals surface area (Å²) in [5, 5.41) is 0. The lowest BCUT2D eigenvalue weighted by Gasteiger charge is -2.47. The van der Waals surface area contributed by atoms with Crippen LogP contribution in [0.5, 0.6) is 0 Å². The highest BCUT2D eigenvalue weighted by molar-refractivity contribution is 5.30. The Morgan fingerprint density at radius 1 is 0.958 bits per heavy atom. The van der Waals surface area contributed by atoms with Crippen molar-refractivity contribution in [3.63, 3.8) is 0 Å². The molecule has 1 aliphatic heterocycles. The number of rotatable bonds is 3. The predicted octanol–water partition coefficient (Wildman–Crippen LogP) is 5.37. The van der Waals surface area contributed by atoms with Crippen LogP contribution in [0.25, 0.3) is 0 Å². The predicted molar refractivity (Wildman–Crippen MR) is 95.4 cm³/mol. The summed E-state index contributed by atoms with van der Waals surface area (Å²) < 4.78 is 12.5. The Kier molecular flexibility index (Phi) is 4.15. The zero-order valence-corrected chi connectivity index (χ0v) is 14.2. The first-order valence-corrected chi connectivity index (χ1v) is 8.87. The molecular formula is C22H24O2. The summed E-state index contributed by atoms with van der Waals surface area (Å²) in [5.74, 6) is 1.31. The molecule has 0 bridgehead atoms. The molecule has 2 aromatic carbocycles. The average Bonchev–Trinajstić information content (AvgIpc) is 2.68. The Labute approximate surface area is 144 Å². The highest BCUT2D eigenvalue weighted by atomic mass is 16.7. The van der Waals surface area contributed by atoms with Crippen LogP contribution in [0.2, 0.25) is 0 Å². The van der Waals surface area contributed by atoms with Gasteiger partial charge in [-0.1, -0.05) is 60.7 Å². The summed E-state index contributed by atoms with van der Waals surface area (Å²) in [6.45, 7) is 0. The van der Waals surface area contributed by atoms with Crippen molar-refractivity contribution in [3.8, 4) is 0 Å². The van der Waals surface area contributed by atoms with Crippen LogP contribution in [0.1, 0.15) is 42.7 Å². The van der Waals surface area contributed by atoms with E-state index in [-0.39, 0.29) is 0 Å². The maximum Gasteiger partial charge on any atom is 0.237 e. The second kappa shape index (κ2) is 6.45. The fraction of sp³-hybridized carbons (Fsp3) is 0.364. The monoisotopic (exact) mass is 320 g/mol. The van der Waals surface area contributed by atoms with E-state index in [2.05, 4.69) is 60.7 Å². The molecule has 2 nitrogen and oxygen atoms in total. The Bertz CT molecular complexity index is 707. The molecule has 0 spiro atoms. The summed E-state index contributed by atoms with van der Waals surface area (Å²) in [7, 11) is 1.76. The van der Waals surface area contributed by atoms with E-state index in [0.717, 1.165) is 24.2 Å². The van der Waals surface area contributed by atoms with Crippen LogP contribution in [-0.2, 0) is 15.3 Å². The molecule has 1 aliphatic carbocycles. The third-order valence-electron chi connectivity index (χ3n) is 5.46. The third-order valence-corrected chi connectivity index (χ3v) is 5.46. The van der Waals surface area contributed by atoms with Gasteiger partial charge in [0, 0.05) is 30.9 Å². The van der Waals surface area contributed by atoms with Gasteiger partial charge in [0.15, 0.2) is 0 Å². The second-order valence-corrected chi connectivity index (χ2v) is 6.79. The molecule has 2 heteroatoms. The molecule has 0 N–H and O–H groups in total. The van der Waals surface area contributed by atoms with Gasteiger partial charge in [0.1, 0.15) is 0 Å². The zero-order valence-electron chi connectivity index (χ0n) is 14.2. The molecular weight excluding hydrogens is 296 g/mol. The van der Waals surface area contributed by atoms with Crippen LogP contribution in [-0.4, -0.2) is 7.11 Å². The van der Waals surface area contributed by atoms with E-state index in [4.69, 9.17) is 9.47 Å². The van der Waals surface area contributed by atoms with Crippen molar-refractivity contribution in [3.05, 3.63) is 83.6 Å². The topological polar surface area (TPSA) is 18.5 Å². The lowest BCUT2D eigenvalue weighted by molar-refractivity contribution is -0.241. The van der Waals surface area contributed by atoms with Crippen molar-refractivity contribution in [2.24, 2.45) is 5.92 Å². The van der Waals surface area contributed by atoms with Crippen LogP contribution in [0.3, 0.4) is 0 Å². The smallest absolute Gasteiger partial charge is 0.237 e. The highest BCUT2D eigenvalue weighted by Gasteiger charge is 2.47. The van der Waals surface area contributed by atoms with Crippen LogP contribution in [0, 0.1) is 5.92 Å². The number of fused-ring (bicyclic) bond motifs is 1. The Morgan fingerprint density at radius 3 is 2.38 bits per heavy atom. The minimum atomic E-state index is -0.693. The van der Waals surface area contributed by atoms with Gasteiger partial charge in [-0.15, -0.1) is 0 Å². The normalized spacial score (nSPS) is 29.3. The van der Waals surface area contributed by atoms with E-state index in [1.54, 1.807) is 7.11 Å². The summed E-state index contributed by atoms with van der Waals surface area (Å²) in [6.07, 6.45) is 6.66. The van der Waals surface area contributed by atoms with E-state index in [1.807, 2.05) is 6.07 Å². The molecule has 0 radical (unpaired) electrons. The van der Waals surface area contributed by atoms with Crippen molar-refractivity contribution in [2.45, 2.75) is 37.4 Å². The van der Waals surface area contributed by atoms with Crippen molar-refractivity contribution >= 4 is 0 Å². The molecule has 3 atom stereocenters. The Balaban J connectivity index is 1.79. The summed E-state index contributed by atoms with van der Waals surface area (Å²) >= 11 is 0. The lowest BCUT2D eigenvalue weighted by Crippen LogP contribution is -2.42. The van der Waals surface area contributed by atoms with Crippen molar-refractivity contribution in [2.75, 3.05) is 7.11 Å². The first-order chi connectivity index (χ1) is 11.8. The molecule has 124 valence electrons. The van der Waals surface area contributed by atoms with Crippen molar-refractivity contribution in [1.29, 1.82) is 0 Å². The molecule has 1 heterocycles. The Hall–Kier alpha value is -2.06. The van der Waals surface area contributed by atoms with Gasteiger partial charge in [-0.05, 0) is 30.9 Å². The number of ether oxygens (including phenoxy) is 2. The molecule has 0 aromatic heterocycles. The lowest BCUT2D eigenvalue weighted by atomic mass is 9.72. The van der Waals surface area contributed by atoms with Gasteiger partial charge < -0.3 is 9.47 Å². The molecule has 1 fully saturated rings. The van der Waals surface area contributed by atoms with Gasteiger partial charge in [0.25, 0.3) is 0 Å². The van der Waals surface area contributed by atoms with E-state index >= 15 is 0 Å². The minimum absolute atomic E-state index is 0.423. The quantitative estimate of drug-likeness (QED) is 0.756. The molecule has 1 saturated heterocycles. The van der Waals surface area contributed by atoms with Crippen molar-refractivity contribution < 1.29 is 9.47 Å². The maximum absolute atomic E-state index is 6.50. The zero-order chi connectivity index (χ0) is 16.4. The number of methoxy groups -OCH3 is 1. The first-order valence-electron chi connectivity index (χ1n) is 8.87. The third kappa shape index (κ3) is 2.65. The fourth-order valence-electron chi connectivity index (χ4n) is 4.22. The van der Waals surface area contributed by atoms with Gasteiger partial charge in [-0.2, -0.15) is 0 Å². The highest BCUT2D eigenvalue weighted by Crippen LogP contribution is 2.52. The number of hydrogen-bond donors (Lipinski definition) is 0. The largest absolute Gasteiger partial charge is 0.462 e. The van der Waals surface area contributed by atoms with Gasteiger partial charge in [0.05, 0.1) is 5.76 Å². The summed E-state index contributed by atoms with van der Waals surface area (Å²) in [6, 6.07) is 21.2. The van der Waals surface area contributed by atoms with E-state index in [0.29, 0.717) is 11.8 Å². The SMILES string of the molecule is COC1(c2ccccc2)CC(c2ccccc2)C2CCCC=C2O1. The Morgan fingerprint density at radius 2 is 1.67 bits per heavy atom. The van der Waals surface area contributed by atoms with Crippen LogP contribution >= 0.6 is 0 Å². The minimum Gasteiger partial charge on any atom is -0.462 e. The summed E-state index contributed by atoms with van der Waals surface area (Å²) in [5.41, 5.74) is 2.48. The summed E-state index contributed by atoms with van der Waals surface area (Å²) in [4.78, 5) is 0. The second-order valence-electron chi connectivity index (χ2n) is 6.79. The molecule has 4 rings (SSSR count). The van der Waals surface area contributed by atoms with E-state index in [9.17, 15) is 0 Å². The molecule has 0 saturated carbocycles. The maximum atomic E-state index is 6.50. The average molecular weight is 320 g/mol. The molecule has 0 amide bonds. The molecule has 2 aliphatic rings.